The minimum absolute atomic E-state index is 0.0327. The van der Waals surface area contributed by atoms with E-state index in [2.05, 4.69) is 14.9 Å². The van der Waals surface area contributed by atoms with Crippen LogP contribution in [0.5, 0.6) is 0 Å². The second kappa shape index (κ2) is 7.34. The molecule has 1 saturated carbocycles. The number of carbonyl (C=O) groups excluding carboxylic acids is 2. The van der Waals surface area contributed by atoms with E-state index in [0.29, 0.717) is 43.4 Å². The standard InChI is InChI=1S/C20H23N5O2/c1-23(18(26)15-7-8-15)17-6-3-2-5-16(17)19(27)24-11-13-25(14-12-24)20-21-9-4-10-22-20/h2-6,9-10,15H,7-8,11-14H2,1H3. The molecule has 1 aromatic carbocycles. The van der Waals surface area contributed by atoms with E-state index in [1.165, 1.54) is 0 Å². The van der Waals surface area contributed by atoms with E-state index in [9.17, 15) is 9.59 Å². The molecular formula is C20H23N5O2. The second-order valence-corrected chi connectivity index (χ2v) is 7.02. The first-order valence-corrected chi connectivity index (χ1v) is 9.33. The topological polar surface area (TPSA) is 69.6 Å². The lowest BCUT2D eigenvalue weighted by atomic mass is 10.1. The van der Waals surface area contributed by atoms with Crippen molar-refractivity contribution in [2.45, 2.75) is 12.8 Å². The number of nitrogens with zero attached hydrogens (tertiary/aromatic N) is 5. The van der Waals surface area contributed by atoms with Crippen LogP contribution in [0.1, 0.15) is 23.2 Å². The molecule has 7 nitrogen and oxygen atoms in total. The number of hydrogen-bond donors (Lipinski definition) is 0. The van der Waals surface area contributed by atoms with Gasteiger partial charge in [-0.25, -0.2) is 9.97 Å². The summed E-state index contributed by atoms with van der Waals surface area (Å²) in [6, 6.07) is 9.16. The first-order valence-electron chi connectivity index (χ1n) is 9.33. The Morgan fingerprint density at radius 1 is 1.00 bits per heavy atom. The van der Waals surface area contributed by atoms with Gasteiger partial charge < -0.3 is 14.7 Å². The molecule has 0 bridgehead atoms. The molecule has 140 valence electrons. The lowest BCUT2D eigenvalue weighted by Crippen LogP contribution is -2.49. The largest absolute Gasteiger partial charge is 0.337 e. The maximum atomic E-state index is 13.1. The van der Waals surface area contributed by atoms with E-state index in [1.54, 1.807) is 36.5 Å². The molecule has 4 rings (SSSR count). The van der Waals surface area contributed by atoms with E-state index in [-0.39, 0.29) is 17.7 Å². The maximum absolute atomic E-state index is 13.1. The third-order valence-corrected chi connectivity index (χ3v) is 5.15. The highest BCUT2D eigenvalue weighted by molar-refractivity contribution is 6.05. The molecule has 1 aliphatic heterocycles. The molecule has 2 aliphatic rings. The smallest absolute Gasteiger partial charge is 0.256 e. The van der Waals surface area contributed by atoms with Crippen LogP contribution in [0.25, 0.3) is 0 Å². The van der Waals surface area contributed by atoms with Crippen molar-refractivity contribution in [1.82, 2.24) is 14.9 Å². The number of anilines is 2. The van der Waals surface area contributed by atoms with Gasteiger partial charge in [0.05, 0.1) is 11.3 Å². The van der Waals surface area contributed by atoms with Crippen LogP contribution in [0, 0.1) is 5.92 Å². The molecule has 27 heavy (non-hydrogen) atoms. The molecule has 1 saturated heterocycles. The van der Waals surface area contributed by atoms with Gasteiger partial charge in [-0.2, -0.15) is 0 Å². The fourth-order valence-corrected chi connectivity index (χ4v) is 3.40. The van der Waals surface area contributed by atoms with Crippen molar-refractivity contribution in [2.75, 3.05) is 43.0 Å². The summed E-state index contributed by atoms with van der Waals surface area (Å²) >= 11 is 0. The number of benzene rings is 1. The second-order valence-electron chi connectivity index (χ2n) is 7.02. The van der Waals surface area contributed by atoms with E-state index in [1.807, 2.05) is 23.1 Å². The summed E-state index contributed by atoms with van der Waals surface area (Å²) < 4.78 is 0. The minimum atomic E-state index is -0.0327. The van der Waals surface area contributed by atoms with Gasteiger partial charge in [-0.1, -0.05) is 12.1 Å². The van der Waals surface area contributed by atoms with Gasteiger partial charge in [-0.15, -0.1) is 0 Å². The van der Waals surface area contributed by atoms with Gasteiger partial charge in [-0.3, -0.25) is 9.59 Å². The van der Waals surface area contributed by atoms with Crippen molar-refractivity contribution in [3.63, 3.8) is 0 Å². The molecule has 2 heterocycles. The summed E-state index contributed by atoms with van der Waals surface area (Å²) in [6.45, 7) is 2.58. The molecule has 0 radical (unpaired) electrons. The van der Waals surface area contributed by atoms with E-state index >= 15 is 0 Å². The molecule has 7 heteroatoms. The monoisotopic (exact) mass is 365 g/mol. The zero-order valence-electron chi connectivity index (χ0n) is 15.4. The lowest BCUT2D eigenvalue weighted by molar-refractivity contribution is -0.119. The Labute approximate surface area is 158 Å². The first-order chi connectivity index (χ1) is 13.1. The number of para-hydroxylation sites is 1. The predicted molar refractivity (Wildman–Crippen MR) is 103 cm³/mol. The van der Waals surface area contributed by atoms with Crippen LogP contribution < -0.4 is 9.80 Å². The molecular weight excluding hydrogens is 342 g/mol. The SMILES string of the molecule is CN(C(=O)C1CC1)c1ccccc1C(=O)N1CCN(c2ncccn2)CC1. The molecule has 0 N–H and O–H groups in total. The summed E-state index contributed by atoms with van der Waals surface area (Å²) in [4.78, 5) is 39.7. The normalized spacial score (nSPS) is 16.9. The highest BCUT2D eigenvalue weighted by Gasteiger charge is 2.34. The van der Waals surface area contributed by atoms with Crippen LogP contribution in [-0.4, -0.2) is 59.9 Å². The van der Waals surface area contributed by atoms with Crippen LogP contribution >= 0.6 is 0 Å². The summed E-state index contributed by atoms with van der Waals surface area (Å²) in [5.74, 6) is 0.878. The van der Waals surface area contributed by atoms with Gasteiger partial charge in [-0.05, 0) is 31.0 Å². The summed E-state index contributed by atoms with van der Waals surface area (Å²) in [6.07, 6.45) is 5.34. The predicted octanol–water partition coefficient (Wildman–Crippen LogP) is 1.81. The van der Waals surface area contributed by atoms with Crippen molar-refractivity contribution in [1.29, 1.82) is 0 Å². The van der Waals surface area contributed by atoms with E-state index in [0.717, 1.165) is 12.8 Å². The quantitative estimate of drug-likeness (QED) is 0.827. The van der Waals surface area contributed by atoms with Crippen molar-refractivity contribution >= 4 is 23.5 Å². The minimum Gasteiger partial charge on any atom is -0.337 e. The summed E-state index contributed by atoms with van der Waals surface area (Å²) in [7, 11) is 1.76. The fourth-order valence-electron chi connectivity index (χ4n) is 3.40. The van der Waals surface area contributed by atoms with Crippen molar-refractivity contribution in [3.05, 3.63) is 48.3 Å². The number of rotatable bonds is 4. The number of amides is 2. The Kier molecular flexibility index (Phi) is 4.75. The Bertz CT molecular complexity index is 829. The van der Waals surface area contributed by atoms with Crippen LogP contribution in [0.3, 0.4) is 0 Å². The van der Waals surface area contributed by atoms with Crippen LogP contribution in [0.15, 0.2) is 42.7 Å². The highest BCUT2D eigenvalue weighted by atomic mass is 16.2. The van der Waals surface area contributed by atoms with Gasteiger partial charge in [0.25, 0.3) is 5.91 Å². The Hall–Kier alpha value is -2.96. The van der Waals surface area contributed by atoms with Crippen molar-refractivity contribution < 1.29 is 9.59 Å². The van der Waals surface area contributed by atoms with Gasteiger partial charge >= 0.3 is 0 Å². The summed E-state index contributed by atoms with van der Waals surface area (Å²) in [5.41, 5.74) is 1.27. The summed E-state index contributed by atoms with van der Waals surface area (Å²) in [5, 5.41) is 0. The van der Waals surface area contributed by atoms with Crippen molar-refractivity contribution in [3.8, 4) is 0 Å². The lowest BCUT2D eigenvalue weighted by Gasteiger charge is -2.35. The van der Waals surface area contributed by atoms with Crippen LogP contribution in [0.4, 0.5) is 11.6 Å². The van der Waals surface area contributed by atoms with Gasteiger partial charge in [0, 0.05) is 51.5 Å². The number of hydrogen-bond acceptors (Lipinski definition) is 5. The van der Waals surface area contributed by atoms with E-state index in [4.69, 9.17) is 0 Å². The highest BCUT2D eigenvalue weighted by Crippen LogP contribution is 2.33. The zero-order chi connectivity index (χ0) is 18.8. The third-order valence-electron chi connectivity index (χ3n) is 5.15. The average molecular weight is 365 g/mol. The van der Waals surface area contributed by atoms with Gasteiger partial charge in [0.2, 0.25) is 11.9 Å². The number of piperazine rings is 1. The molecule has 0 spiro atoms. The Morgan fingerprint density at radius 2 is 1.67 bits per heavy atom. The molecule has 1 aromatic heterocycles. The molecule has 0 unspecified atom stereocenters. The fraction of sp³-hybridized carbons (Fsp3) is 0.400. The maximum Gasteiger partial charge on any atom is 0.256 e. The molecule has 2 amide bonds. The molecule has 2 aromatic rings. The Morgan fingerprint density at radius 3 is 2.33 bits per heavy atom. The van der Waals surface area contributed by atoms with Crippen molar-refractivity contribution in [2.24, 2.45) is 5.92 Å². The van der Waals surface area contributed by atoms with Gasteiger partial charge in [0.1, 0.15) is 0 Å². The average Bonchev–Trinajstić information content (AvgIpc) is 3.58. The Balaban J connectivity index is 1.47. The molecule has 2 fully saturated rings. The zero-order valence-corrected chi connectivity index (χ0v) is 15.4. The van der Waals surface area contributed by atoms with Crippen LogP contribution in [-0.2, 0) is 4.79 Å². The first kappa shape index (κ1) is 17.5. The number of carbonyl (C=O) groups is 2. The van der Waals surface area contributed by atoms with E-state index < -0.39 is 0 Å². The number of aromatic nitrogens is 2. The van der Waals surface area contributed by atoms with Crippen LogP contribution in [0.2, 0.25) is 0 Å². The molecule has 0 atom stereocenters. The third kappa shape index (κ3) is 3.63. The molecule has 1 aliphatic carbocycles. The van der Waals surface area contributed by atoms with Gasteiger partial charge in [0.15, 0.2) is 0 Å².